The molecule has 0 radical (unpaired) electrons. The van der Waals surface area contributed by atoms with E-state index in [0.29, 0.717) is 18.2 Å². The molecule has 3 aromatic rings. The summed E-state index contributed by atoms with van der Waals surface area (Å²) in [5.74, 6) is 0.179. The van der Waals surface area contributed by atoms with Gasteiger partial charge in [0.1, 0.15) is 17.1 Å². The van der Waals surface area contributed by atoms with Crippen molar-refractivity contribution in [3.8, 4) is 0 Å². The van der Waals surface area contributed by atoms with Gasteiger partial charge in [0.05, 0.1) is 23.3 Å². The largest absolute Gasteiger partial charge is 0.363 e. The van der Waals surface area contributed by atoms with E-state index in [1.807, 2.05) is 32.2 Å². The summed E-state index contributed by atoms with van der Waals surface area (Å²) in [6.07, 6.45) is 7.12. The molecule has 1 fully saturated rings. The van der Waals surface area contributed by atoms with Crippen LogP contribution in [0.4, 0.5) is 5.69 Å². The highest BCUT2D eigenvalue weighted by Gasteiger charge is 2.42. The molecule has 5 rings (SSSR count). The first-order valence-corrected chi connectivity index (χ1v) is 13.5. The number of aromatic amines is 1. The van der Waals surface area contributed by atoms with Crippen molar-refractivity contribution in [1.82, 2.24) is 24.2 Å². The molecule has 0 amide bonds. The molecule has 3 aromatic heterocycles. The average Bonchev–Trinajstić information content (AvgIpc) is 3.18. The van der Waals surface area contributed by atoms with Crippen LogP contribution >= 0.6 is 11.6 Å². The lowest BCUT2D eigenvalue weighted by Gasteiger charge is -2.44. The van der Waals surface area contributed by atoms with Crippen LogP contribution < -0.4 is 4.90 Å². The van der Waals surface area contributed by atoms with Crippen molar-refractivity contribution < 1.29 is 8.42 Å². The molecule has 2 aliphatic rings. The molecule has 0 aromatic carbocycles. The molecular formula is C23H29ClN6O2S. The number of halogens is 1. The maximum atomic E-state index is 12.3. The molecule has 8 nitrogen and oxygen atoms in total. The average molecular weight is 489 g/mol. The van der Waals surface area contributed by atoms with Gasteiger partial charge in [0.2, 0.25) is 10.0 Å². The van der Waals surface area contributed by atoms with Crippen LogP contribution in [0.5, 0.6) is 0 Å². The summed E-state index contributed by atoms with van der Waals surface area (Å²) in [7, 11) is -3.26. The Balaban J connectivity index is 1.52. The van der Waals surface area contributed by atoms with E-state index in [0.717, 1.165) is 52.9 Å². The van der Waals surface area contributed by atoms with Crippen LogP contribution in [-0.2, 0) is 23.0 Å². The van der Waals surface area contributed by atoms with Crippen molar-refractivity contribution in [1.29, 1.82) is 0 Å². The second kappa shape index (κ2) is 7.92. The highest BCUT2D eigenvalue weighted by molar-refractivity contribution is 7.88. The first kappa shape index (κ1) is 22.6. The summed E-state index contributed by atoms with van der Waals surface area (Å²) >= 11 is 6.35. The number of anilines is 1. The first-order valence-electron chi connectivity index (χ1n) is 11.3. The standard InChI is InChI=1S/C23H29ClN6O2S/c1-14-9-18-17(12-29(14)19-10-20(24)28-22-16(19)5-7-25-22)21(27-13-26-18)15-6-8-30(33(4,31)32)23(2,3)11-15/h5,7,10,13-15H,6,8-9,11-12H2,1-4H3,(H,25,28)/t14-,15?/m1/s1. The first-order chi connectivity index (χ1) is 15.5. The number of nitrogens with one attached hydrogen (secondary N) is 1. The number of piperidine rings is 1. The quantitative estimate of drug-likeness (QED) is 0.562. The van der Waals surface area contributed by atoms with Gasteiger partial charge in [-0.2, -0.15) is 4.31 Å². The fourth-order valence-electron chi connectivity index (χ4n) is 5.66. The minimum Gasteiger partial charge on any atom is -0.363 e. The summed E-state index contributed by atoms with van der Waals surface area (Å²) in [4.78, 5) is 19.3. The fourth-order valence-corrected chi connectivity index (χ4v) is 7.26. The molecule has 5 heterocycles. The van der Waals surface area contributed by atoms with E-state index in [4.69, 9.17) is 16.6 Å². The van der Waals surface area contributed by atoms with E-state index in [1.54, 1.807) is 10.6 Å². The lowest BCUT2D eigenvalue weighted by atomic mass is 9.80. The van der Waals surface area contributed by atoms with Gasteiger partial charge in [0, 0.05) is 54.2 Å². The lowest BCUT2D eigenvalue weighted by molar-refractivity contribution is 0.152. The van der Waals surface area contributed by atoms with Gasteiger partial charge in [-0.25, -0.2) is 23.4 Å². The van der Waals surface area contributed by atoms with Gasteiger partial charge in [0.25, 0.3) is 0 Å². The number of hydrogen-bond donors (Lipinski definition) is 1. The van der Waals surface area contributed by atoms with Crippen LogP contribution in [0.1, 0.15) is 56.5 Å². The van der Waals surface area contributed by atoms with E-state index in [2.05, 4.69) is 26.8 Å². The zero-order valence-electron chi connectivity index (χ0n) is 19.3. The molecule has 33 heavy (non-hydrogen) atoms. The zero-order chi connectivity index (χ0) is 23.5. The molecule has 0 spiro atoms. The molecule has 0 saturated carbocycles. The molecule has 0 bridgehead atoms. The fraction of sp³-hybridized carbons (Fsp3) is 0.522. The van der Waals surface area contributed by atoms with Gasteiger partial charge < -0.3 is 9.88 Å². The van der Waals surface area contributed by atoms with Crippen molar-refractivity contribution in [3.05, 3.63) is 46.8 Å². The minimum absolute atomic E-state index is 0.179. The molecule has 10 heteroatoms. The molecule has 1 N–H and O–H groups in total. The molecule has 176 valence electrons. The SMILES string of the molecule is C[C@@H]1Cc2ncnc(C3CCN(S(C)(=O)=O)C(C)(C)C3)c2CN1c1cc(Cl)nc2[nH]ccc12. The van der Waals surface area contributed by atoms with Gasteiger partial charge in [-0.1, -0.05) is 11.6 Å². The second-order valence-corrected chi connectivity index (χ2v) is 12.2. The molecular weight excluding hydrogens is 460 g/mol. The number of fused-ring (bicyclic) bond motifs is 2. The van der Waals surface area contributed by atoms with Crippen molar-refractivity contribution in [2.75, 3.05) is 17.7 Å². The third-order valence-corrected chi connectivity index (χ3v) is 8.76. The van der Waals surface area contributed by atoms with Crippen LogP contribution in [0.15, 0.2) is 24.7 Å². The smallest absolute Gasteiger partial charge is 0.211 e. The number of hydrogen-bond acceptors (Lipinski definition) is 6. The molecule has 1 saturated heterocycles. The Morgan fingerprint density at radius 1 is 1.27 bits per heavy atom. The highest BCUT2D eigenvalue weighted by Crippen LogP contribution is 2.41. The Morgan fingerprint density at radius 2 is 2.06 bits per heavy atom. The number of pyridine rings is 1. The third-order valence-electron chi connectivity index (χ3n) is 7.09. The zero-order valence-corrected chi connectivity index (χ0v) is 20.9. The van der Waals surface area contributed by atoms with Gasteiger partial charge in [-0.05, 0) is 45.7 Å². The normalized spacial score (nSPS) is 23.6. The van der Waals surface area contributed by atoms with E-state index in [9.17, 15) is 8.42 Å². The Morgan fingerprint density at radius 3 is 2.79 bits per heavy atom. The van der Waals surface area contributed by atoms with Crippen molar-refractivity contribution in [2.45, 2.75) is 64.1 Å². The van der Waals surface area contributed by atoms with Gasteiger partial charge in [-0.15, -0.1) is 0 Å². The third kappa shape index (κ3) is 4.00. The van der Waals surface area contributed by atoms with Crippen LogP contribution in [0.2, 0.25) is 5.15 Å². The monoisotopic (exact) mass is 488 g/mol. The molecule has 2 atom stereocenters. The predicted molar refractivity (Wildman–Crippen MR) is 130 cm³/mol. The summed E-state index contributed by atoms with van der Waals surface area (Å²) in [5, 5.41) is 1.49. The number of H-pyrrole nitrogens is 1. The Kier molecular flexibility index (Phi) is 5.42. The van der Waals surface area contributed by atoms with Crippen molar-refractivity contribution >= 4 is 38.3 Å². The molecule has 1 unspecified atom stereocenters. The Labute approximate surface area is 199 Å². The van der Waals surface area contributed by atoms with E-state index >= 15 is 0 Å². The van der Waals surface area contributed by atoms with Crippen LogP contribution in [0, 0.1) is 0 Å². The van der Waals surface area contributed by atoms with E-state index in [-0.39, 0.29) is 12.0 Å². The summed E-state index contributed by atoms with van der Waals surface area (Å²) < 4.78 is 26.2. The van der Waals surface area contributed by atoms with Gasteiger partial charge >= 0.3 is 0 Å². The number of sulfonamides is 1. The maximum absolute atomic E-state index is 12.3. The van der Waals surface area contributed by atoms with Crippen molar-refractivity contribution in [2.24, 2.45) is 0 Å². The topological polar surface area (TPSA) is 95.1 Å². The summed E-state index contributed by atoms with van der Waals surface area (Å²) in [5.41, 5.74) is 4.63. The van der Waals surface area contributed by atoms with Crippen LogP contribution in [-0.4, -0.2) is 57.0 Å². The number of aromatic nitrogens is 4. The summed E-state index contributed by atoms with van der Waals surface area (Å²) in [6.45, 7) is 7.39. The lowest BCUT2D eigenvalue weighted by Crippen LogP contribution is -2.52. The second-order valence-electron chi connectivity index (χ2n) is 9.91. The Bertz CT molecular complexity index is 1320. The summed E-state index contributed by atoms with van der Waals surface area (Å²) in [6, 6.07) is 4.19. The van der Waals surface area contributed by atoms with Gasteiger partial charge in [0.15, 0.2) is 0 Å². The van der Waals surface area contributed by atoms with E-state index < -0.39 is 15.6 Å². The van der Waals surface area contributed by atoms with Crippen LogP contribution in [0.3, 0.4) is 0 Å². The van der Waals surface area contributed by atoms with Crippen molar-refractivity contribution in [3.63, 3.8) is 0 Å². The predicted octanol–water partition coefficient (Wildman–Crippen LogP) is 3.88. The highest BCUT2D eigenvalue weighted by atomic mass is 35.5. The van der Waals surface area contributed by atoms with E-state index in [1.165, 1.54) is 6.26 Å². The Hall–Kier alpha value is -2.23. The minimum atomic E-state index is -3.26. The maximum Gasteiger partial charge on any atom is 0.211 e. The molecule has 0 aliphatic carbocycles. The molecule has 2 aliphatic heterocycles. The number of rotatable bonds is 3. The van der Waals surface area contributed by atoms with Crippen LogP contribution in [0.25, 0.3) is 11.0 Å². The number of nitrogens with zero attached hydrogens (tertiary/aromatic N) is 5. The van der Waals surface area contributed by atoms with Gasteiger partial charge in [-0.3, -0.25) is 0 Å².